The molecule has 0 saturated heterocycles. The summed E-state index contributed by atoms with van der Waals surface area (Å²) in [5.41, 5.74) is 0.942. The Morgan fingerprint density at radius 3 is 2.52 bits per heavy atom. The molecule has 110 valence electrons. The lowest BCUT2D eigenvalue weighted by atomic mass is 10.2. The van der Waals surface area contributed by atoms with Crippen molar-refractivity contribution in [3.8, 4) is 0 Å². The van der Waals surface area contributed by atoms with Crippen molar-refractivity contribution in [3.63, 3.8) is 0 Å². The lowest BCUT2D eigenvalue weighted by Gasteiger charge is -2.07. The predicted octanol–water partition coefficient (Wildman–Crippen LogP) is 4.92. The van der Waals surface area contributed by atoms with Crippen LogP contribution in [0.25, 0.3) is 0 Å². The largest absolute Gasteiger partial charge is 0.477 e. The number of hydrogen-bond donors (Lipinski definition) is 2. The van der Waals surface area contributed by atoms with Crippen LogP contribution in [-0.4, -0.2) is 17.0 Å². The summed E-state index contributed by atoms with van der Waals surface area (Å²) in [5.74, 6) is -1.40. The maximum atomic E-state index is 12.3. The molecule has 0 atom stereocenters. The molecule has 1 aromatic heterocycles. The minimum absolute atomic E-state index is 0.198. The van der Waals surface area contributed by atoms with Crippen LogP contribution in [0, 0.1) is 10.5 Å². The number of anilines is 1. The molecule has 2 aromatic rings. The maximum Gasteiger partial charge on any atom is 0.346 e. The Labute approximate surface area is 148 Å². The van der Waals surface area contributed by atoms with Gasteiger partial charge in [0.2, 0.25) is 0 Å². The standard InChI is InChI=1S/C13H8Cl2INO3S/c1-5-2-9(21-11(5)13(19)20)17-12(18)7-3-6(14)4-8(15)10(7)16/h2-4H,1H3,(H,17,18)(H,19,20). The van der Waals surface area contributed by atoms with E-state index in [4.69, 9.17) is 28.3 Å². The molecule has 21 heavy (non-hydrogen) atoms. The van der Waals surface area contributed by atoms with E-state index in [1.807, 2.05) is 22.6 Å². The van der Waals surface area contributed by atoms with Crippen LogP contribution in [0.5, 0.6) is 0 Å². The first-order valence-electron chi connectivity index (χ1n) is 5.59. The molecular formula is C13H8Cl2INO3S. The molecule has 0 bridgehead atoms. The number of nitrogens with one attached hydrogen (secondary N) is 1. The highest BCUT2D eigenvalue weighted by Crippen LogP contribution is 2.30. The minimum atomic E-state index is -1.02. The molecule has 1 amide bonds. The SMILES string of the molecule is Cc1cc(NC(=O)c2cc(Cl)cc(Cl)c2I)sc1C(=O)O. The Bertz CT molecular complexity index is 745. The van der Waals surface area contributed by atoms with Crippen molar-refractivity contribution in [1.29, 1.82) is 0 Å². The van der Waals surface area contributed by atoms with Crippen LogP contribution < -0.4 is 5.32 Å². The van der Waals surface area contributed by atoms with Crippen LogP contribution >= 0.6 is 57.1 Å². The van der Waals surface area contributed by atoms with E-state index in [0.717, 1.165) is 11.3 Å². The summed E-state index contributed by atoms with van der Waals surface area (Å²) < 4.78 is 0.586. The molecule has 1 aromatic carbocycles. The third-order valence-corrected chi connectivity index (χ3v) is 5.72. The average Bonchev–Trinajstić information content (AvgIpc) is 2.74. The van der Waals surface area contributed by atoms with Gasteiger partial charge < -0.3 is 10.4 Å². The van der Waals surface area contributed by atoms with Gasteiger partial charge in [0.25, 0.3) is 5.91 Å². The number of carbonyl (C=O) groups excluding carboxylic acids is 1. The lowest BCUT2D eigenvalue weighted by molar-refractivity contribution is 0.0701. The van der Waals surface area contributed by atoms with E-state index < -0.39 is 5.97 Å². The van der Waals surface area contributed by atoms with E-state index in [9.17, 15) is 9.59 Å². The van der Waals surface area contributed by atoms with Gasteiger partial charge in [-0.15, -0.1) is 11.3 Å². The fourth-order valence-corrected chi connectivity index (χ4v) is 3.61. The highest BCUT2D eigenvalue weighted by atomic mass is 127. The van der Waals surface area contributed by atoms with E-state index in [1.54, 1.807) is 19.1 Å². The second-order valence-electron chi connectivity index (χ2n) is 4.13. The summed E-state index contributed by atoms with van der Waals surface area (Å²) in [5, 5.41) is 12.9. The zero-order chi connectivity index (χ0) is 15.7. The quantitative estimate of drug-likeness (QED) is 0.510. The third-order valence-electron chi connectivity index (χ3n) is 2.59. The summed E-state index contributed by atoms with van der Waals surface area (Å²) in [6.07, 6.45) is 0. The molecule has 0 unspecified atom stereocenters. The van der Waals surface area contributed by atoms with Gasteiger partial charge in [-0.1, -0.05) is 23.2 Å². The average molecular weight is 456 g/mol. The summed E-state index contributed by atoms with van der Waals surface area (Å²) in [6.45, 7) is 1.68. The van der Waals surface area contributed by atoms with Crippen LogP contribution in [0.2, 0.25) is 10.0 Å². The highest BCUT2D eigenvalue weighted by molar-refractivity contribution is 14.1. The van der Waals surface area contributed by atoms with E-state index in [-0.39, 0.29) is 10.8 Å². The normalized spacial score (nSPS) is 10.5. The molecular weight excluding hydrogens is 448 g/mol. The molecule has 0 fully saturated rings. The summed E-state index contributed by atoms with van der Waals surface area (Å²) in [6, 6.07) is 4.69. The van der Waals surface area contributed by atoms with Gasteiger partial charge >= 0.3 is 5.97 Å². The van der Waals surface area contributed by atoms with Gasteiger partial charge in [0.15, 0.2) is 0 Å². The Kier molecular flexibility index (Phi) is 5.13. The van der Waals surface area contributed by atoms with Gasteiger partial charge in [-0.3, -0.25) is 4.79 Å². The van der Waals surface area contributed by atoms with Crippen LogP contribution in [0.1, 0.15) is 25.6 Å². The summed E-state index contributed by atoms with van der Waals surface area (Å²) in [4.78, 5) is 23.4. The molecule has 1 heterocycles. The first-order valence-corrected chi connectivity index (χ1v) is 8.24. The summed E-state index contributed by atoms with van der Waals surface area (Å²) in [7, 11) is 0. The third kappa shape index (κ3) is 3.68. The minimum Gasteiger partial charge on any atom is -0.477 e. The van der Waals surface area contributed by atoms with Crippen molar-refractivity contribution in [3.05, 3.63) is 47.8 Å². The molecule has 4 nitrogen and oxygen atoms in total. The van der Waals surface area contributed by atoms with Gasteiger partial charge in [-0.25, -0.2) is 4.79 Å². The number of carboxylic acids is 1. The molecule has 0 radical (unpaired) electrons. The van der Waals surface area contributed by atoms with Crippen LogP contribution in [-0.2, 0) is 0 Å². The Hall–Kier alpha value is -0.830. The molecule has 0 aliphatic carbocycles. The van der Waals surface area contributed by atoms with E-state index >= 15 is 0 Å². The van der Waals surface area contributed by atoms with Gasteiger partial charge in [0.1, 0.15) is 4.88 Å². The van der Waals surface area contributed by atoms with E-state index in [2.05, 4.69) is 5.32 Å². The first-order chi connectivity index (χ1) is 9.79. The molecule has 0 aliphatic rings. The Morgan fingerprint density at radius 2 is 1.95 bits per heavy atom. The number of aromatic carboxylic acids is 1. The molecule has 0 saturated carbocycles. The number of carboxylic acid groups (broad SMARTS) is 1. The molecule has 0 aliphatic heterocycles. The molecule has 0 spiro atoms. The number of amides is 1. The van der Waals surface area contributed by atoms with Crippen molar-refractivity contribution in [2.45, 2.75) is 6.92 Å². The van der Waals surface area contributed by atoms with Crippen molar-refractivity contribution in [2.75, 3.05) is 5.32 Å². The van der Waals surface area contributed by atoms with E-state index in [1.165, 1.54) is 6.07 Å². The fraction of sp³-hybridized carbons (Fsp3) is 0.0769. The molecule has 2 rings (SSSR count). The Balaban J connectivity index is 2.30. The van der Waals surface area contributed by atoms with Gasteiger partial charge in [0, 0.05) is 8.59 Å². The molecule has 2 N–H and O–H groups in total. The number of carbonyl (C=O) groups is 2. The van der Waals surface area contributed by atoms with E-state index in [0.29, 0.717) is 29.7 Å². The maximum absolute atomic E-state index is 12.3. The van der Waals surface area contributed by atoms with Gasteiger partial charge in [0.05, 0.1) is 15.6 Å². The molecule has 8 heteroatoms. The van der Waals surface area contributed by atoms with Gasteiger partial charge in [-0.05, 0) is 53.3 Å². The van der Waals surface area contributed by atoms with Crippen molar-refractivity contribution in [1.82, 2.24) is 0 Å². The van der Waals surface area contributed by atoms with Crippen molar-refractivity contribution in [2.24, 2.45) is 0 Å². The number of aryl methyl sites for hydroxylation is 1. The first kappa shape index (κ1) is 16.5. The number of thiophene rings is 1. The number of rotatable bonds is 3. The van der Waals surface area contributed by atoms with Crippen LogP contribution in [0.3, 0.4) is 0 Å². The Morgan fingerprint density at radius 1 is 1.29 bits per heavy atom. The zero-order valence-corrected chi connectivity index (χ0v) is 15.0. The second kappa shape index (κ2) is 6.51. The monoisotopic (exact) mass is 455 g/mol. The lowest BCUT2D eigenvalue weighted by Crippen LogP contribution is -2.12. The van der Waals surface area contributed by atoms with Gasteiger partial charge in [-0.2, -0.15) is 0 Å². The number of halogens is 3. The summed E-state index contributed by atoms with van der Waals surface area (Å²) >= 11 is 14.9. The number of hydrogen-bond acceptors (Lipinski definition) is 3. The van der Waals surface area contributed by atoms with Crippen molar-refractivity contribution < 1.29 is 14.7 Å². The fourth-order valence-electron chi connectivity index (χ4n) is 1.66. The number of benzene rings is 1. The van der Waals surface area contributed by atoms with Crippen LogP contribution in [0.4, 0.5) is 5.00 Å². The zero-order valence-electron chi connectivity index (χ0n) is 10.5. The van der Waals surface area contributed by atoms with Crippen LogP contribution in [0.15, 0.2) is 18.2 Å². The topological polar surface area (TPSA) is 66.4 Å². The smallest absolute Gasteiger partial charge is 0.346 e. The predicted molar refractivity (Wildman–Crippen MR) is 93.1 cm³/mol. The second-order valence-corrected chi connectivity index (χ2v) is 7.11. The highest BCUT2D eigenvalue weighted by Gasteiger charge is 2.17. The van der Waals surface area contributed by atoms with Crippen molar-refractivity contribution >= 4 is 74.0 Å².